The second-order valence-electron chi connectivity index (χ2n) is 6.30. The number of piperidine rings is 1. The highest BCUT2D eigenvalue weighted by molar-refractivity contribution is 5.85. The molecule has 0 radical (unpaired) electrons. The van der Waals surface area contributed by atoms with Gasteiger partial charge in [0.25, 0.3) is 0 Å². The summed E-state index contributed by atoms with van der Waals surface area (Å²) >= 11 is 0. The molecule has 0 unspecified atom stereocenters. The summed E-state index contributed by atoms with van der Waals surface area (Å²) in [6.07, 6.45) is 1.42. The lowest BCUT2D eigenvalue weighted by atomic mass is 9.93. The van der Waals surface area contributed by atoms with Crippen LogP contribution in [0.2, 0.25) is 0 Å². The maximum absolute atomic E-state index is 12.8. The lowest BCUT2D eigenvalue weighted by Gasteiger charge is -2.36. The van der Waals surface area contributed by atoms with E-state index >= 15 is 0 Å². The highest BCUT2D eigenvalue weighted by Crippen LogP contribution is 2.20. The predicted octanol–water partition coefficient (Wildman–Crippen LogP) is 1.32. The van der Waals surface area contributed by atoms with Gasteiger partial charge in [-0.2, -0.15) is 0 Å². The van der Waals surface area contributed by atoms with E-state index < -0.39 is 0 Å². The Labute approximate surface area is 147 Å². The van der Waals surface area contributed by atoms with Crippen molar-refractivity contribution in [3.05, 3.63) is 35.6 Å². The van der Waals surface area contributed by atoms with E-state index in [1.807, 2.05) is 4.90 Å². The molecule has 2 aliphatic heterocycles. The number of nitrogens with zero attached hydrogens (tertiary/aromatic N) is 1. The molecule has 0 saturated carbocycles. The van der Waals surface area contributed by atoms with Crippen molar-refractivity contribution in [3.63, 3.8) is 0 Å². The molecule has 5 nitrogen and oxygen atoms in total. The zero-order valence-corrected chi connectivity index (χ0v) is 14.3. The Kier molecular flexibility index (Phi) is 6.57. The van der Waals surface area contributed by atoms with Crippen LogP contribution >= 0.6 is 12.4 Å². The molecular formula is C17H23ClFN3O2. The molecule has 0 bridgehead atoms. The smallest absolute Gasteiger partial charge is 0.228 e. The molecule has 2 aliphatic rings. The highest BCUT2D eigenvalue weighted by atomic mass is 35.5. The SMILES string of the molecule is Cl.O=C(NCc1ccc(F)cc1)C1CCN(C(=O)C2CNC2)CC1. The maximum Gasteiger partial charge on any atom is 0.228 e. The summed E-state index contributed by atoms with van der Waals surface area (Å²) in [5.74, 6) is 0.0392. The monoisotopic (exact) mass is 355 g/mol. The molecular weight excluding hydrogens is 333 g/mol. The molecule has 2 saturated heterocycles. The van der Waals surface area contributed by atoms with Gasteiger partial charge < -0.3 is 15.5 Å². The van der Waals surface area contributed by atoms with Crippen molar-refractivity contribution in [1.29, 1.82) is 0 Å². The summed E-state index contributed by atoms with van der Waals surface area (Å²) in [5.41, 5.74) is 0.879. The molecule has 0 aliphatic carbocycles. The zero-order chi connectivity index (χ0) is 16.2. The average molecular weight is 356 g/mol. The minimum Gasteiger partial charge on any atom is -0.352 e. The molecule has 3 rings (SSSR count). The van der Waals surface area contributed by atoms with Crippen molar-refractivity contribution in [2.75, 3.05) is 26.2 Å². The number of hydrogen-bond acceptors (Lipinski definition) is 3. The van der Waals surface area contributed by atoms with E-state index in [0.717, 1.165) is 18.7 Å². The summed E-state index contributed by atoms with van der Waals surface area (Å²) in [5, 5.41) is 6.01. The van der Waals surface area contributed by atoms with Crippen molar-refractivity contribution in [3.8, 4) is 0 Å². The Morgan fingerprint density at radius 1 is 1.12 bits per heavy atom. The van der Waals surface area contributed by atoms with Crippen LogP contribution < -0.4 is 10.6 Å². The Morgan fingerprint density at radius 3 is 2.29 bits per heavy atom. The van der Waals surface area contributed by atoms with Gasteiger partial charge in [-0.1, -0.05) is 12.1 Å². The molecule has 2 N–H and O–H groups in total. The highest BCUT2D eigenvalue weighted by Gasteiger charge is 2.33. The minimum absolute atomic E-state index is 0. The quantitative estimate of drug-likeness (QED) is 0.856. The van der Waals surface area contributed by atoms with E-state index in [1.54, 1.807) is 12.1 Å². The number of benzene rings is 1. The second kappa shape index (κ2) is 8.44. The van der Waals surface area contributed by atoms with E-state index in [2.05, 4.69) is 10.6 Å². The first kappa shape index (κ1) is 18.7. The number of nitrogens with one attached hydrogen (secondary N) is 2. The number of hydrogen-bond donors (Lipinski definition) is 2. The lowest BCUT2D eigenvalue weighted by molar-refractivity contribution is -0.140. The van der Waals surface area contributed by atoms with Gasteiger partial charge in [0, 0.05) is 38.6 Å². The van der Waals surface area contributed by atoms with Crippen LogP contribution in [0.15, 0.2) is 24.3 Å². The summed E-state index contributed by atoms with van der Waals surface area (Å²) in [6.45, 7) is 3.27. The van der Waals surface area contributed by atoms with Gasteiger partial charge in [-0.05, 0) is 30.5 Å². The van der Waals surface area contributed by atoms with Crippen LogP contribution in [0.1, 0.15) is 18.4 Å². The number of likely N-dealkylation sites (tertiary alicyclic amines) is 1. The molecule has 0 atom stereocenters. The molecule has 0 aromatic heterocycles. The molecule has 7 heteroatoms. The molecule has 0 spiro atoms. The number of carbonyl (C=O) groups excluding carboxylic acids is 2. The van der Waals surface area contributed by atoms with Crippen LogP contribution in [0.25, 0.3) is 0 Å². The molecule has 2 amide bonds. The van der Waals surface area contributed by atoms with Crippen molar-refractivity contribution in [2.45, 2.75) is 19.4 Å². The number of amides is 2. The van der Waals surface area contributed by atoms with Gasteiger partial charge in [0.15, 0.2) is 0 Å². The third kappa shape index (κ3) is 4.45. The fourth-order valence-electron chi connectivity index (χ4n) is 3.02. The normalized spacial score (nSPS) is 18.5. The van der Waals surface area contributed by atoms with Gasteiger partial charge >= 0.3 is 0 Å². The summed E-state index contributed by atoms with van der Waals surface area (Å²) < 4.78 is 12.8. The van der Waals surface area contributed by atoms with Crippen LogP contribution in [0.5, 0.6) is 0 Å². The minimum atomic E-state index is -0.279. The number of carbonyl (C=O) groups is 2. The maximum atomic E-state index is 12.8. The fraction of sp³-hybridized carbons (Fsp3) is 0.529. The third-order valence-electron chi connectivity index (χ3n) is 4.69. The van der Waals surface area contributed by atoms with Gasteiger partial charge in [0.2, 0.25) is 11.8 Å². The van der Waals surface area contributed by atoms with E-state index in [1.165, 1.54) is 12.1 Å². The molecule has 24 heavy (non-hydrogen) atoms. The summed E-state index contributed by atoms with van der Waals surface area (Å²) in [7, 11) is 0. The van der Waals surface area contributed by atoms with Gasteiger partial charge in [-0.3, -0.25) is 9.59 Å². The third-order valence-corrected chi connectivity index (χ3v) is 4.69. The van der Waals surface area contributed by atoms with E-state index in [4.69, 9.17) is 0 Å². The summed E-state index contributed by atoms with van der Waals surface area (Å²) in [6, 6.07) is 6.12. The van der Waals surface area contributed by atoms with Crippen molar-refractivity contribution in [2.24, 2.45) is 11.8 Å². The Hall–Kier alpha value is -1.66. The molecule has 2 heterocycles. The Bertz CT molecular complexity index is 570. The Morgan fingerprint density at radius 2 is 1.75 bits per heavy atom. The van der Waals surface area contributed by atoms with Crippen molar-refractivity contribution >= 4 is 24.2 Å². The lowest BCUT2D eigenvalue weighted by Crippen LogP contribution is -2.54. The van der Waals surface area contributed by atoms with Gasteiger partial charge in [0.05, 0.1) is 5.92 Å². The summed E-state index contributed by atoms with van der Waals surface area (Å²) in [4.78, 5) is 26.3. The number of rotatable bonds is 4. The van der Waals surface area contributed by atoms with E-state index in [9.17, 15) is 14.0 Å². The fourth-order valence-corrected chi connectivity index (χ4v) is 3.02. The predicted molar refractivity (Wildman–Crippen MR) is 91.2 cm³/mol. The van der Waals surface area contributed by atoms with Gasteiger partial charge in [-0.25, -0.2) is 4.39 Å². The zero-order valence-electron chi connectivity index (χ0n) is 13.5. The van der Waals surface area contributed by atoms with Crippen LogP contribution in [-0.2, 0) is 16.1 Å². The Balaban J connectivity index is 0.00000208. The first-order chi connectivity index (χ1) is 11.1. The average Bonchev–Trinajstić information content (AvgIpc) is 2.52. The molecule has 1 aromatic rings. The van der Waals surface area contributed by atoms with Crippen LogP contribution in [-0.4, -0.2) is 42.9 Å². The first-order valence-electron chi connectivity index (χ1n) is 8.15. The van der Waals surface area contributed by atoms with Crippen LogP contribution in [0, 0.1) is 17.7 Å². The van der Waals surface area contributed by atoms with Crippen LogP contribution in [0.3, 0.4) is 0 Å². The molecule has 2 fully saturated rings. The molecule has 132 valence electrons. The van der Waals surface area contributed by atoms with Crippen molar-refractivity contribution in [1.82, 2.24) is 15.5 Å². The standard InChI is InChI=1S/C17H22FN3O2.ClH/c18-15-3-1-12(2-4-15)9-20-16(22)13-5-7-21(8-6-13)17(23)14-10-19-11-14;/h1-4,13-14,19H,5-11H2,(H,20,22);1H. The molecule has 1 aromatic carbocycles. The van der Waals surface area contributed by atoms with Gasteiger partial charge in [-0.15, -0.1) is 12.4 Å². The van der Waals surface area contributed by atoms with Gasteiger partial charge in [0.1, 0.15) is 5.82 Å². The number of halogens is 2. The van der Waals surface area contributed by atoms with E-state index in [-0.39, 0.29) is 41.9 Å². The first-order valence-corrected chi connectivity index (χ1v) is 8.15. The van der Waals surface area contributed by atoms with E-state index in [0.29, 0.717) is 32.5 Å². The largest absolute Gasteiger partial charge is 0.352 e. The second-order valence-corrected chi connectivity index (χ2v) is 6.30. The van der Waals surface area contributed by atoms with Crippen molar-refractivity contribution < 1.29 is 14.0 Å². The topological polar surface area (TPSA) is 61.4 Å². The van der Waals surface area contributed by atoms with Crippen LogP contribution in [0.4, 0.5) is 4.39 Å².